The van der Waals surface area contributed by atoms with Crippen molar-refractivity contribution < 1.29 is 9.63 Å². The zero-order valence-electron chi connectivity index (χ0n) is 17.2. The van der Waals surface area contributed by atoms with Crippen molar-refractivity contribution in [2.45, 2.75) is 110 Å². The number of carbonyl (C=O) groups is 1. The van der Waals surface area contributed by atoms with Crippen LogP contribution in [0.25, 0.3) is 0 Å². The molecule has 0 aromatic carbocycles. The number of nitrogens with one attached hydrogen (secondary N) is 2. The van der Waals surface area contributed by atoms with Gasteiger partial charge in [0.1, 0.15) is 0 Å². The van der Waals surface area contributed by atoms with E-state index in [1.54, 1.807) is 0 Å². The second-order valence-corrected chi connectivity index (χ2v) is 6.97. The minimum Gasteiger partial charge on any atom is -0.366 e. The van der Waals surface area contributed by atoms with E-state index in [-0.39, 0.29) is 11.9 Å². The van der Waals surface area contributed by atoms with Crippen LogP contribution in [0, 0.1) is 0 Å². The number of rotatable bonds is 17. The molecule has 0 spiro atoms. The topological polar surface area (TPSA) is 88.7 Å². The van der Waals surface area contributed by atoms with Gasteiger partial charge < -0.3 is 16.0 Å². The number of unbranched alkanes of at least 4 members (excludes halogenated alkanes) is 12. The molecule has 0 heterocycles. The first-order chi connectivity index (χ1) is 12.7. The van der Waals surface area contributed by atoms with Crippen molar-refractivity contribution in [3.63, 3.8) is 0 Å². The molecule has 0 amide bonds. The summed E-state index contributed by atoms with van der Waals surface area (Å²) in [5.41, 5.74) is 10.9. The molecule has 0 aliphatic rings. The van der Waals surface area contributed by atoms with Gasteiger partial charge in [0.05, 0.1) is 0 Å². The van der Waals surface area contributed by atoms with Crippen molar-refractivity contribution in [1.82, 2.24) is 10.9 Å². The van der Waals surface area contributed by atoms with Gasteiger partial charge in [-0.2, -0.15) is 5.48 Å². The molecule has 0 rings (SSSR count). The van der Waals surface area contributed by atoms with Crippen LogP contribution < -0.4 is 16.6 Å². The highest BCUT2D eigenvalue weighted by Gasteiger charge is 2.03. The highest BCUT2D eigenvalue weighted by Crippen LogP contribution is 2.09. The number of hydroxylamine groups is 1. The summed E-state index contributed by atoms with van der Waals surface area (Å²) in [5, 5.41) is 3.94. The summed E-state index contributed by atoms with van der Waals surface area (Å²) in [6, 6.07) is 0. The highest BCUT2D eigenvalue weighted by molar-refractivity contribution is 5.79. The molecule has 26 heavy (non-hydrogen) atoms. The maximum atomic E-state index is 11.5. The molecule has 4 N–H and O–H groups in total. The highest BCUT2D eigenvalue weighted by atomic mass is 16.7. The maximum absolute atomic E-state index is 11.5. The molecule has 0 fully saturated rings. The fraction of sp³-hybridized carbons (Fsp3) is 0.900. The molecular weight excluding hydrogens is 328 g/mol. The van der Waals surface area contributed by atoms with E-state index in [1.165, 1.54) is 70.6 Å². The largest absolute Gasteiger partial charge is 0.366 e. The van der Waals surface area contributed by atoms with E-state index >= 15 is 0 Å². The maximum Gasteiger partial charge on any atom is 0.332 e. The van der Waals surface area contributed by atoms with E-state index in [2.05, 4.69) is 29.9 Å². The Hall–Kier alpha value is -1.46. The average Bonchev–Trinajstić information content (AvgIpc) is 2.64. The first-order valence-electron chi connectivity index (χ1n) is 10.7. The van der Waals surface area contributed by atoms with Gasteiger partial charge in [0.15, 0.2) is 0 Å². The van der Waals surface area contributed by atoms with Crippen LogP contribution in [0.15, 0.2) is 5.10 Å². The predicted molar refractivity (Wildman–Crippen MR) is 109 cm³/mol. The minimum atomic E-state index is -0.293. The van der Waals surface area contributed by atoms with Crippen LogP contribution >= 0.6 is 0 Å². The SMILES string of the molecule is CCCCCCCCCCCNN=C(N)NOC(=O)CCCCCCC. The molecule has 0 saturated heterocycles. The number of carbonyl (C=O) groups excluding carboxylic acids is 1. The summed E-state index contributed by atoms with van der Waals surface area (Å²) < 4.78 is 0. The first-order valence-corrected chi connectivity index (χ1v) is 10.7. The van der Waals surface area contributed by atoms with Gasteiger partial charge in [0.25, 0.3) is 0 Å². The Morgan fingerprint density at radius 3 is 1.88 bits per heavy atom. The second-order valence-electron chi connectivity index (χ2n) is 6.97. The van der Waals surface area contributed by atoms with Gasteiger partial charge in [-0.05, 0) is 12.8 Å². The molecule has 0 atom stereocenters. The van der Waals surface area contributed by atoms with Crippen molar-refractivity contribution in [2.24, 2.45) is 10.8 Å². The molecule has 0 aliphatic carbocycles. The lowest BCUT2D eigenvalue weighted by atomic mass is 10.1. The minimum absolute atomic E-state index is 0.0836. The Kier molecular flexibility index (Phi) is 18.7. The van der Waals surface area contributed by atoms with Crippen molar-refractivity contribution >= 4 is 11.9 Å². The number of nitrogens with two attached hydrogens (primary N) is 1. The van der Waals surface area contributed by atoms with Crippen LogP contribution in [0.1, 0.15) is 110 Å². The molecular formula is C20H42N4O2. The fourth-order valence-electron chi connectivity index (χ4n) is 2.71. The summed E-state index contributed by atoms with van der Waals surface area (Å²) in [4.78, 5) is 16.4. The van der Waals surface area contributed by atoms with E-state index in [0.717, 1.165) is 25.8 Å². The quantitative estimate of drug-likeness (QED) is 0.149. The monoisotopic (exact) mass is 370 g/mol. The predicted octanol–water partition coefficient (Wildman–Crippen LogP) is 4.74. The molecule has 0 bridgehead atoms. The van der Waals surface area contributed by atoms with Crippen LogP contribution in [-0.2, 0) is 9.63 Å². The molecule has 0 saturated carbocycles. The molecule has 154 valence electrons. The molecule has 0 unspecified atom stereocenters. The lowest BCUT2D eigenvalue weighted by Crippen LogP contribution is -2.35. The summed E-state index contributed by atoms with van der Waals surface area (Å²) in [6.45, 7) is 5.20. The molecule has 0 aromatic heterocycles. The van der Waals surface area contributed by atoms with Crippen molar-refractivity contribution in [1.29, 1.82) is 0 Å². The van der Waals surface area contributed by atoms with E-state index in [0.29, 0.717) is 6.42 Å². The number of nitrogens with zero attached hydrogens (tertiary/aromatic N) is 1. The smallest absolute Gasteiger partial charge is 0.332 e. The summed E-state index contributed by atoms with van der Waals surface area (Å²) >= 11 is 0. The van der Waals surface area contributed by atoms with Gasteiger partial charge >= 0.3 is 5.97 Å². The normalized spacial score (nSPS) is 11.4. The molecule has 0 radical (unpaired) electrons. The van der Waals surface area contributed by atoms with E-state index in [4.69, 9.17) is 10.6 Å². The lowest BCUT2D eigenvalue weighted by molar-refractivity contribution is -0.148. The zero-order chi connectivity index (χ0) is 19.3. The number of hydrazone groups is 1. The third kappa shape index (κ3) is 18.9. The first kappa shape index (κ1) is 24.5. The van der Waals surface area contributed by atoms with Gasteiger partial charge in [-0.15, -0.1) is 5.10 Å². The molecule has 6 nitrogen and oxygen atoms in total. The third-order valence-electron chi connectivity index (χ3n) is 4.35. The Balaban J connectivity index is 3.40. The summed E-state index contributed by atoms with van der Waals surface area (Å²) in [6.07, 6.45) is 17.6. The second kappa shape index (κ2) is 19.9. The number of hydrogen-bond acceptors (Lipinski definition) is 4. The summed E-state index contributed by atoms with van der Waals surface area (Å²) in [7, 11) is 0. The van der Waals surface area contributed by atoms with Gasteiger partial charge in [0, 0.05) is 13.0 Å². The number of hydrogen-bond donors (Lipinski definition) is 3. The average molecular weight is 371 g/mol. The van der Waals surface area contributed by atoms with Crippen molar-refractivity contribution in [2.75, 3.05) is 6.54 Å². The Morgan fingerprint density at radius 2 is 1.31 bits per heavy atom. The Morgan fingerprint density at radius 1 is 0.808 bits per heavy atom. The lowest BCUT2D eigenvalue weighted by Gasteiger charge is -2.07. The Labute approximate surface area is 160 Å². The molecule has 6 heteroatoms. The Bertz CT molecular complexity index is 349. The standard InChI is InChI=1S/C20H42N4O2/c1-3-5-7-9-10-11-12-14-16-18-22-23-20(21)24-26-19(25)17-15-13-8-6-4-2/h22H,3-18H2,1-2H3,(H3,21,23,24). The summed E-state index contributed by atoms with van der Waals surface area (Å²) in [5.74, 6) is -0.209. The van der Waals surface area contributed by atoms with Crippen LogP contribution in [0.5, 0.6) is 0 Å². The van der Waals surface area contributed by atoms with E-state index in [9.17, 15) is 4.79 Å². The van der Waals surface area contributed by atoms with Gasteiger partial charge in [-0.25, -0.2) is 4.79 Å². The molecule has 0 aliphatic heterocycles. The van der Waals surface area contributed by atoms with Crippen LogP contribution in [-0.4, -0.2) is 18.5 Å². The van der Waals surface area contributed by atoms with Crippen molar-refractivity contribution in [3.8, 4) is 0 Å². The van der Waals surface area contributed by atoms with Crippen LogP contribution in [0.2, 0.25) is 0 Å². The van der Waals surface area contributed by atoms with Gasteiger partial charge in [0.2, 0.25) is 5.96 Å². The zero-order valence-corrected chi connectivity index (χ0v) is 17.2. The van der Waals surface area contributed by atoms with Crippen molar-refractivity contribution in [3.05, 3.63) is 0 Å². The van der Waals surface area contributed by atoms with Crippen LogP contribution in [0.3, 0.4) is 0 Å². The van der Waals surface area contributed by atoms with Gasteiger partial charge in [-0.1, -0.05) is 90.9 Å². The van der Waals surface area contributed by atoms with E-state index in [1.807, 2.05) is 0 Å². The van der Waals surface area contributed by atoms with Gasteiger partial charge in [-0.3, -0.25) is 0 Å². The number of guanidine groups is 1. The van der Waals surface area contributed by atoms with E-state index < -0.39 is 0 Å². The van der Waals surface area contributed by atoms with Crippen LogP contribution in [0.4, 0.5) is 0 Å². The fourth-order valence-corrected chi connectivity index (χ4v) is 2.71. The third-order valence-corrected chi connectivity index (χ3v) is 4.35. The molecule has 0 aromatic rings.